The van der Waals surface area contributed by atoms with E-state index in [1.54, 1.807) is 11.2 Å². The van der Waals surface area contributed by atoms with Gasteiger partial charge in [0, 0.05) is 24.9 Å². The molecule has 28 heavy (non-hydrogen) atoms. The molecule has 0 spiro atoms. The van der Waals surface area contributed by atoms with Crippen molar-refractivity contribution in [1.29, 1.82) is 0 Å². The van der Waals surface area contributed by atoms with E-state index in [1.165, 1.54) is 5.56 Å². The van der Waals surface area contributed by atoms with Gasteiger partial charge in [0.1, 0.15) is 5.82 Å². The quantitative estimate of drug-likeness (QED) is 0.675. The molecule has 7 heteroatoms. The van der Waals surface area contributed by atoms with Crippen LogP contribution >= 0.6 is 0 Å². The molecule has 4 rings (SSSR count). The van der Waals surface area contributed by atoms with Crippen LogP contribution in [0.25, 0.3) is 11.2 Å². The lowest BCUT2D eigenvalue weighted by Crippen LogP contribution is -2.27. The van der Waals surface area contributed by atoms with E-state index in [-0.39, 0.29) is 24.9 Å². The lowest BCUT2D eigenvalue weighted by molar-refractivity contribution is 0.0257. The molecule has 1 aliphatic heterocycles. The largest absolute Gasteiger partial charge is 0.348 e. The van der Waals surface area contributed by atoms with E-state index >= 15 is 0 Å². The van der Waals surface area contributed by atoms with Crippen LogP contribution in [-0.4, -0.2) is 38.5 Å². The van der Waals surface area contributed by atoms with Crippen LogP contribution < -0.4 is 4.90 Å². The van der Waals surface area contributed by atoms with E-state index in [1.807, 2.05) is 43.5 Å². The van der Waals surface area contributed by atoms with Crippen LogP contribution in [0.5, 0.6) is 0 Å². The summed E-state index contributed by atoms with van der Waals surface area (Å²) >= 11 is 0. The van der Waals surface area contributed by atoms with Gasteiger partial charge in [0.05, 0.1) is 12.9 Å². The average molecular weight is 385 g/mol. The Labute approximate surface area is 163 Å². The summed E-state index contributed by atoms with van der Waals surface area (Å²) in [5, 5.41) is 0. The number of anilines is 1. The van der Waals surface area contributed by atoms with Gasteiger partial charge in [-0.05, 0) is 12.0 Å². The highest BCUT2D eigenvalue weighted by Crippen LogP contribution is 2.34. The molecular weight excluding hydrogens is 360 g/mol. The Bertz CT molecular complexity index is 976. The van der Waals surface area contributed by atoms with Gasteiger partial charge in [-0.2, -0.15) is 0 Å². The molecule has 3 heterocycles. The molecular formula is C21H25F2N5. The summed E-state index contributed by atoms with van der Waals surface area (Å²) in [7, 11) is 0. The van der Waals surface area contributed by atoms with Gasteiger partial charge < -0.3 is 9.47 Å². The number of fused-ring (bicyclic) bond motifs is 1. The van der Waals surface area contributed by atoms with E-state index in [0.717, 1.165) is 13.0 Å². The number of alkyl halides is 2. The zero-order chi connectivity index (χ0) is 19.9. The topological polar surface area (TPSA) is 46.8 Å². The maximum atomic E-state index is 13.8. The van der Waals surface area contributed by atoms with Crippen LogP contribution in [0.4, 0.5) is 14.6 Å². The van der Waals surface area contributed by atoms with E-state index in [0.29, 0.717) is 22.8 Å². The molecule has 0 atom stereocenters. The Morgan fingerprint density at radius 2 is 1.86 bits per heavy atom. The fraction of sp³-hybridized carbons (Fsp3) is 0.476. The molecule has 2 aromatic heterocycles. The second-order valence-corrected chi connectivity index (χ2v) is 8.49. The molecule has 0 radical (unpaired) electrons. The number of hydrogen-bond donors (Lipinski definition) is 0. The number of benzene rings is 1. The van der Waals surface area contributed by atoms with Gasteiger partial charge in [-0.15, -0.1) is 0 Å². The predicted molar refractivity (Wildman–Crippen MR) is 106 cm³/mol. The second kappa shape index (κ2) is 6.79. The minimum Gasteiger partial charge on any atom is -0.348 e. The molecule has 3 aromatic rings. The summed E-state index contributed by atoms with van der Waals surface area (Å²) in [4.78, 5) is 15.6. The third-order valence-electron chi connectivity index (χ3n) is 5.07. The van der Waals surface area contributed by atoms with Crippen LogP contribution in [0.15, 0.2) is 36.7 Å². The van der Waals surface area contributed by atoms with Gasteiger partial charge >= 0.3 is 0 Å². The van der Waals surface area contributed by atoms with Crippen LogP contribution in [0.1, 0.15) is 38.6 Å². The number of halogens is 2. The molecule has 0 unspecified atom stereocenters. The van der Waals surface area contributed by atoms with Crippen molar-refractivity contribution in [2.45, 2.75) is 51.5 Å². The smallest absolute Gasteiger partial charge is 0.266 e. The summed E-state index contributed by atoms with van der Waals surface area (Å²) in [5.41, 5.74) is 2.24. The third kappa shape index (κ3) is 3.70. The first-order valence-corrected chi connectivity index (χ1v) is 9.63. The number of hydrogen-bond acceptors (Lipinski definition) is 4. The molecule has 0 aliphatic carbocycles. The van der Waals surface area contributed by atoms with Crippen LogP contribution in [0.2, 0.25) is 0 Å². The molecule has 1 saturated heterocycles. The fourth-order valence-corrected chi connectivity index (χ4v) is 3.46. The number of rotatable bonds is 4. The summed E-state index contributed by atoms with van der Waals surface area (Å²) < 4.78 is 29.6. The first-order chi connectivity index (χ1) is 13.2. The van der Waals surface area contributed by atoms with Crippen LogP contribution in [-0.2, 0) is 18.4 Å². The molecule has 0 bridgehead atoms. The van der Waals surface area contributed by atoms with Crippen molar-refractivity contribution >= 4 is 17.0 Å². The van der Waals surface area contributed by atoms with Crippen LogP contribution in [0, 0.1) is 0 Å². The van der Waals surface area contributed by atoms with Crippen molar-refractivity contribution in [3.05, 3.63) is 48.0 Å². The van der Waals surface area contributed by atoms with Crippen molar-refractivity contribution in [3.63, 3.8) is 0 Å². The van der Waals surface area contributed by atoms with Gasteiger partial charge in [-0.25, -0.2) is 23.7 Å². The highest BCUT2D eigenvalue weighted by atomic mass is 19.3. The standard InChI is InChI=1S/C21H25F2N5/c1-20(2,3)19-25-17(27-12-10-21(22,23)13-27)16-18(26-19)28(14-24-16)11-9-15-7-5-4-6-8-15/h4-8,14H,9-13H2,1-3H3. The van der Waals surface area contributed by atoms with Crippen molar-refractivity contribution in [2.75, 3.05) is 18.0 Å². The van der Waals surface area contributed by atoms with Gasteiger partial charge in [0.15, 0.2) is 17.0 Å². The third-order valence-corrected chi connectivity index (χ3v) is 5.07. The van der Waals surface area contributed by atoms with Crippen molar-refractivity contribution < 1.29 is 8.78 Å². The normalized spacial score (nSPS) is 16.8. The van der Waals surface area contributed by atoms with Gasteiger partial charge in [0.2, 0.25) is 0 Å². The Balaban J connectivity index is 1.73. The van der Waals surface area contributed by atoms with E-state index in [9.17, 15) is 8.78 Å². The predicted octanol–water partition coefficient (Wildman–Crippen LogP) is 4.21. The van der Waals surface area contributed by atoms with Crippen LogP contribution in [0.3, 0.4) is 0 Å². The fourth-order valence-electron chi connectivity index (χ4n) is 3.46. The minimum absolute atomic E-state index is 0.155. The Morgan fingerprint density at radius 1 is 1.11 bits per heavy atom. The van der Waals surface area contributed by atoms with Gasteiger partial charge in [-0.3, -0.25) is 0 Å². The zero-order valence-corrected chi connectivity index (χ0v) is 16.5. The molecule has 1 aliphatic rings. The summed E-state index contributed by atoms with van der Waals surface area (Å²) in [6.45, 7) is 6.76. The second-order valence-electron chi connectivity index (χ2n) is 8.49. The van der Waals surface area contributed by atoms with E-state index < -0.39 is 5.92 Å². The Kier molecular flexibility index (Phi) is 4.56. The van der Waals surface area contributed by atoms with Crippen molar-refractivity contribution in [3.8, 4) is 0 Å². The number of aryl methyl sites for hydroxylation is 2. The molecule has 0 N–H and O–H groups in total. The summed E-state index contributed by atoms with van der Waals surface area (Å²) in [5.74, 6) is -1.52. The zero-order valence-electron chi connectivity index (χ0n) is 16.5. The van der Waals surface area contributed by atoms with Crippen molar-refractivity contribution in [1.82, 2.24) is 19.5 Å². The van der Waals surface area contributed by atoms with Gasteiger partial charge in [0.25, 0.3) is 5.92 Å². The molecule has 1 aromatic carbocycles. The Morgan fingerprint density at radius 3 is 2.50 bits per heavy atom. The highest BCUT2D eigenvalue weighted by molar-refractivity contribution is 5.84. The van der Waals surface area contributed by atoms with E-state index in [4.69, 9.17) is 4.98 Å². The number of aromatic nitrogens is 4. The van der Waals surface area contributed by atoms with Gasteiger partial charge in [-0.1, -0.05) is 51.1 Å². The number of nitrogens with zero attached hydrogens (tertiary/aromatic N) is 5. The Hall–Kier alpha value is -2.57. The summed E-state index contributed by atoms with van der Waals surface area (Å²) in [6, 6.07) is 10.2. The molecule has 0 saturated carbocycles. The maximum absolute atomic E-state index is 13.8. The molecule has 148 valence electrons. The first-order valence-electron chi connectivity index (χ1n) is 9.63. The monoisotopic (exact) mass is 385 g/mol. The lowest BCUT2D eigenvalue weighted by atomic mass is 9.96. The van der Waals surface area contributed by atoms with E-state index in [2.05, 4.69) is 22.1 Å². The molecule has 0 amide bonds. The van der Waals surface area contributed by atoms with Crippen molar-refractivity contribution in [2.24, 2.45) is 0 Å². The molecule has 1 fully saturated rings. The first kappa shape index (κ1) is 18.8. The average Bonchev–Trinajstić information content (AvgIpc) is 3.22. The highest BCUT2D eigenvalue weighted by Gasteiger charge is 2.40. The SMILES string of the molecule is CC(C)(C)c1nc(N2CCC(F)(F)C2)c2ncn(CCc3ccccc3)c2n1. The summed E-state index contributed by atoms with van der Waals surface area (Å²) in [6.07, 6.45) is 2.43. The number of imidazole rings is 1. The maximum Gasteiger partial charge on any atom is 0.266 e. The lowest BCUT2D eigenvalue weighted by Gasteiger charge is -2.22. The minimum atomic E-state index is -2.69. The molecule has 5 nitrogen and oxygen atoms in total.